The molecule has 0 spiro atoms. The third-order valence-corrected chi connectivity index (χ3v) is 2.29. The number of rotatable bonds is 7. The Balaban J connectivity index is 4.09. The fourth-order valence-corrected chi connectivity index (χ4v) is 1.75. The summed E-state index contributed by atoms with van der Waals surface area (Å²) in [5.74, 6) is -0.104. The second-order valence-corrected chi connectivity index (χ2v) is 4.34. The van der Waals surface area contributed by atoms with Crippen LogP contribution in [-0.4, -0.2) is 35.1 Å². The summed E-state index contributed by atoms with van der Waals surface area (Å²) in [5, 5.41) is 8.75. The van der Waals surface area contributed by atoms with Crippen LogP contribution in [0.25, 0.3) is 0 Å². The second kappa shape index (κ2) is 6.82. The lowest BCUT2D eigenvalue weighted by molar-refractivity contribution is -0.138. The van der Waals surface area contributed by atoms with Crippen LogP contribution in [0.1, 0.15) is 40.5 Å². The van der Waals surface area contributed by atoms with Gasteiger partial charge in [-0.3, -0.25) is 9.69 Å². The van der Waals surface area contributed by atoms with Crippen molar-refractivity contribution in [3.8, 4) is 0 Å². The molecule has 3 heteroatoms. The smallest absolute Gasteiger partial charge is 0.317 e. The van der Waals surface area contributed by atoms with Crippen molar-refractivity contribution in [2.75, 3.05) is 13.1 Å². The van der Waals surface area contributed by atoms with E-state index in [-0.39, 0.29) is 6.54 Å². The average molecular weight is 201 g/mol. The minimum Gasteiger partial charge on any atom is -0.480 e. The third kappa shape index (κ3) is 5.97. The van der Waals surface area contributed by atoms with Crippen molar-refractivity contribution in [1.82, 2.24) is 4.90 Å². The molecule has 0 aromatic heterocycles. The number of hydrogen-bond acceptors (Lipinski definition) is 2. The minimum atomic E-state index is -0.728. The standard InChI is InChI=1S/C11H23NO2/c1-5-6-12(8-11(13)14)10(4)7-9(2)3/h9-10H,5-8H2,1-4H3,(H,13,14). The molecule has 3 nitrogen and oxygen atoms in total. The van der Waals surface area contributed by atoms with Gasteiger partial charge < -0.3 is 5.11 Å². The van der Waals surface area contributed by atoms with Gasteiger partial charge in [-0.2, -0.15) is 0 Å². The fourth-order valence-electron chi connectivity index (χ4n) is 1.75. The van der Waals surface area contributed by atoms with E-state index in [1.165, 1.54) is 0 Å². The Labute approximate surface area is 87.1 Å². The van der Waals surface area contributed by atoms with Crippen LogP contribution in [0.5, 0.6) is 0 Å². The zero-order valence-corrected chi connectivity index (χ0v) is 9.79. The lowest BCUT2D eigenvalue weighted by Gasteiger charge is -2.28. The maximum atomic E-state index is 10.6. The van der Waals surface area contributed by atoms with Crippen LogP contribution in [0.2, 0.25) is 0 Å². The van der Waals surface area contributed by atoms with Gasteiger partial charge in [0.1, 0.15) is 0 Å². The first kappa shape index (κ1) is 13.4. The summed E-state index contributed by atoms with van der Waals surface area (Å²) >= 11 is 0. The predicted octanol–water partition coefficient (Wildman–Crippen LogP) is 2.22. The van der Waals surface area contributed by atoms with E-state index < -0.39 is 5.97 Å². The van der Waals surface area contributed by atoms with E-state index in [0.717, 1.165) is 19.4 Å². The van der Waals surface area contributed by atoms with Gasteiger partial charge in [0.15, 0.2) is 0 Å². The zero-order valence-electron chi connectivity index (χ0n) is 9.79. The number of carbonyl (C=O) groups is 1. The summed E-state index contributed by atoms with van der Waals surface area (Å²) in [6.45, 7) is 9.57. The van der Waals surface area contributed by atoms with Crippen LogP contribution in [-0.2, 0) is 4.79 Å². The molecule has 0 saturated heterocycles. The second-order valence-electron chi connectivity index (χ2n) is 4.34. The molecule has 0 aliphatic carbocycles. The molecule has 0 bridgehead atoms. The van der Waals surface area contributed by atoms with Gasteiger partial charge in [-0.15, -0.1) is 0 Å². The van der Waals surface area contributed by atoms with E-state index in [4.69, 9.17) is 5.11 Å². The Bertz CT molecular complexity index is 169. The minimum absolute atomic E-state index is 0.168. The summed E-state index contributed by atoms with van der Waals surface area (Å²) in [6.07, 6.45) is 2.07. The number of aliphatic carboxylic acids is 1. The van der Waals surface area contributed by atoms with Crippen molar-refractivity contribution in [2.45, 2.75) is 46.6 Å². The molecule has 0 rings (SSSR count). The van der Waals surface area contributed by atoms with Crippen molar-refractivity contribution < 1.29 is 9.90 Å². The summed E-state index contributed by atoms with van der Waals surface area (Å²) in [5.41, 5.74) is 0. The lowest BCUT2D eigenvalue weighted by Crippen LogP contribution is -2.38. The van der Waals surface area contributed by atoms with Gasteiger partial charge in [-0.25, -0.2) is 0 Å². The molecule has 1 unspecified atom stereocenters. The highest BCUT2D eigenvalue weighted by Crippen LogP contribution is 2.11. The number of hydrogen-bond donors (Lipinski definition) is 1. The third-order valence-electron chi connectivity index (χ3n) is 2.29. The highest BCUT2D eigenvalue weighted by Gasteiger charge is 2.16. The van der Waals surface area contributed by atoms with Gasteiger partial charge in [0, 0.05) is 6.04 Å². The molecule has 0 amide bonds. The van der Waals surface area contributed by atoms with Crippen molar-refractivity contribution in [3.05, 3.63) is 0 Å². The van der Waals surface area contributed by atoms with Crippen LogP contribution in [0.15, 0.2) is 0 Å². The van der Waals surface area contributed by atoms with E-state index in [9.17, 15) is 4.79 Å². The molecule has 0 radical (unpaired) electrons. The molecular weight excluding hydrogens is 178 g/mol. The van der Waals surface area contributed by atoms with Gasteiger partial charge in [-0.1, -0.05) is 20.8 Å². The van der Waals surface area contributed by atoms with E-state index >= 15 is 0 Å². The molecule has 0 aliphatic heterocycles. The van der Waals surface area contributed by atoms with E-state index in [0.29, 0.717) is 12.0 Å². The van der Waals surface area contributed by atoms with Crippen LogP contribution < -0.4 is 0 Å². The van der Waals surface area contributed by atoms with Crippen molar-refractivity contribution in [3.63, 3.8) is 0 Å². The van der Waals surface area contributed by atoms with Crippen LogP contribution in [0.3, 0.4) is 0 Å². The van der Waals surface area contributed by atoms with Gasteiger partial charge in [-0.05, 0) is 32.2 Å². The first-order valence-electron chi connectivity index (χ1n) is 5.43. The maximum Gasteiger partial charge on any atom is 0.317 e. The summed E-state index contributed by atoms with van der Waals surface area (Å²) < 4.78 is 0. The molecule has 1 N–H and O–H groups in total. The number of carboxylic acids is 1. The average Bonchev–Trinajstić information content (AvgIpc) is 2.01. The Morgan fingerprint density at radius 3 is 2.29 bits per heavy atom. The Hall–Kier alpha value is -0.570. The Morgan fingerprint density at radius 2 is 1.93 bits per heavy atom. The monoisotopic (exact) mass is 201 g/mol. The number of nitrogens with zero attached hydrogens (tertiary/aromatic N) is 1. The normalized spacial score (nSPS) is 13.6. The summed E-state index contributed by atoms with van der Waals surface area (Å²) in [4.78, 5) is 12.7. The van der Waals surface area contributed by atoms with Gasteiger partial charge >= 0.3 is 5.97 Å². The van der Waals surface area contributed by atoms with Gasteiger partial charge in [0.25, 0.3) is 0 Å². The van der Waals surface area contributed by atoms with Crippen molar-refractivity contribution in [1.29, 1.82) is 0 Å². The van der Waals surface area contributed by atoms with Crippen molar-refractivity contribution in [2.24, 2.45) is 5.92 Å². The molecule has 0 saturated carbocycles. The van der Waals surface area contributed by atoms with Crippen LogP contribution in [0.4, 0.5) is 0 Å². The fraction of sp³-hybridized carbons (Fsp3) is 0.909. The molecule has 14 heavy (non-hydrogen) atoms. The summed E-state index contributed by atoms with van der Waals surface area (Å²) in [6, 6.07) is 0.367. The predicted molar refractivity (Wildman–Crippen MR) is 58.4 cm³/mol. The molecule has 0 aromatic rings. The van der Waals surface area contributed by atoms with E-state index in [1.54, 1.807) is 0 Å². The molecule has 1 atom stereocenters. The first-order valence-corrected chi connectivity index (χ1v) is 5.43. The summed E-state index contributed by atoms with van der Waals surface area (Å²) in [7, 11) is 0. The molecule has 0 fully saturated rings. The van der Waals surface area contributed by atoms with Crippen LogP contribution in [0, 0.1) is 5.92 Å². The molecule has 84 valence electrons. The quantitative estimate of drug-likeness (QED) is 0.686. The Kier molecular flexibility index (Phi) is 6.54. The number of carboxylic acid groups (broad SMARTS) is 1. The molecule has 0 aliphatic rings. The molecular formula is C11H23NO2. The first-order chi connectivity index (χ1) is 6.47. The zero-order chi connectivity index (χ0) is 11.1. The molecule has 0 heterocycles. The van der Waals surface area contributed by atoms with Gasteiger partial charge in [0.05, 0.1) is 6.54 Å². The van der Waals surface area contributed by atoms with Gasteiger partial charge in [0.2, 0.25) is 0 Å². The van der Waals surface area contributed by atoms with Crippen LogP contribution >= 0.6 is 0 Å². The van der Waals surface area contributed by atoms with Crippen molar-refractivity contribution >= 4 is 5.97 Å². The molecule has 0 aromatic carbocycles. The van der Waals surface area contributed by atoms with E-state index in [1.807, 2.05) is 4.90 Å². The van der Waals surface area contributed by atoms with E-state index in [2.05, 4.69) is 27.7 Å². The maximum absolute atomic E-state index is 10.6. The topological polar surface area (TPSA) is 40.5 Å². The lowest BCUT2D eigenvalue weighted by atomic mass is 10.0. The largest absolute Gasteiger partial charge is 0.480 e. The Morgan fingerprint density at radius 1 is 1.36 bits per heavy atom. The highest BCUT2D eigenvalue weighted by atomic mass is 16.4. The highest BCUT2D eigenvalue weighted by molar-refractivity contribution is 5.69. The SMILES string of the molecule is CCCN(CC(=O)O)C(C)CC(C)C.